The molecule has 0 bridgehead atoms. The molecule has 7 aromatic rings. The van der Waals surface area contributed by atoms with Crippen molar-refractivity contribution in [1.29, 1.82) is 0 Å². The Morgan fingerprint density at radius 1 is 0.556 bits per heavy atom. The summed E-state index contributed by atoms with van der Waals surface area (Å²) in [5.41, 5.74) is 9.72. The van der Waals surface area contributed by atoms with Crippen LogP contribution in [0.3, 0.4) is 0 Å². The van der Waals surface area contributed by atoms with Crippen LogP contribution in [-0.2, 0) is 0 Å². The number of hydrogen-bond donors (Lipinski definition) is 4. The van der Waals surface area contributed by atoms with E-state index in [4.69, 9.17) is 7.85 Å². The van der Waals surface area contributed by atoms with Crippen molar-refractivity contribution in [3.05, 3.63) is 180 Å². The number of benzene rings is 7. The van der Waals surface area contributed by atoms with Crippen molar-refractivity contribution in [3.8, 4) is 45.3 Å². The lowest BCUT2D eigenvalue weighted by molar-refractivity contribution is 0.347. The summed E-state index contributed by atoms with van der Waals surface area (Å²) < 4.78 is 0. The molecule has 0 aliphatic heterocycles. The molecule has 2 aliphatic rings. The zero-order valence-electron chi connectivity index (χ0n) is 29.3. The quantitative estimate of drug-likeness (QED) is 0.0617. The van der Waals surface area contributed by atoms with Crippen molar-refractivity contribution in [2.24, 2.45) is 5.92 Å². The number of phenolic OH excluding ortho intramolecular Hbond substituents is 4. The molecule has 6 heteroatoms. The predicted octanol–water partition coefficient (Wildman–Crippen LogP) is 10.7. The normalized spacial score (nSPS) is 14.9. The van der Waals surface area contributed by atoms with Crippen LogP contribution in [0, 0.1) is 5.92 Å². The molecule has 2 aliphatic carbocycles. The van der Waals surface area contributed by atoms with Crippen LogP contribution in [0.15, 0.2) is 162 Å². The molecule has 0 aromatic heterocycles. The summed E-state index contributed by atoms with van der Waals surface area (Å²) in [6, 6.07) is 42.6. The van der Waals surface area contributed by atoms with Gasteiger partial charge in [-0.2, -0.15) is 0 Å². The van der Waals surface area contributed by atoms with Gasteiger partial charge in [0.05, 0.1) is 0 Å². The summed E-state index contributed by atoms with van der Waals surface area (Å²) in [7, 11) is 6.39. The molecule has 1 unspecified atom stereocenters. The molecule has 0 fully saturated rings. The maximum Gasteiger partial charge on any atom is 0.204 e. The Hall–Kier alpha value is -6.37. The van der Waals surface area contributed by atoms with Crippen molar-refractivity contribution in [3.63, 3.8) is 0 Å². The van der Waals surface area contributed by atoms with Crippen LogP contribution in [-0.4, -0.2) is 34.5 Å². The van der Waals surface area contributed by atoms with E-state index in [1.807, 2.05) is 36.4 Å². The second kappa shape index (κ2) is 13.2. The van der Waals surface area contributed by atoms with Crippen molar-refractivity contribution >= 4 is 57.8 Å². The average Bonchev–Trinajstić information content (AvgIpc) is 3.36. The smallest absolute Gasteiger partial charge is 0.204 e. The van der Waals surface area contributed by atoms with Gasteiger partial charge in [-0.05, 0) is 95.5 Å². The topological polar surface area (TPSA) is 80.9 Å². The Morgan fingerprint density at radius 3 is 2.02 bits per heavy atom. The molecule has 9 rings (SSSR count). The molecule has 54 heavy (non-hydrogen) atoms. The van der Waals surface area contributed by atoms with Crippen molar-refractivity contribution < 1.29 is 20.4 Å². The number of aromatic hydroxyl groups is 4. The van der Waals surface area contributed by atoms with Crippen LogP contribution in [0.1, 0.15) is 22.3 Å². The van der Waals surface area contributed by atoms with E-state index in [0.717, 1.165) is 49.7 Å². The summed E-state index contributed by atoms with van der Waals surface area (Å²) in [5, 5.41) is 47.4. The minimum Gasteiger partial charge on any atom is -0.505 e. The number of hydrogen-bond acceptors (Lipinski definition) is 5. The fourth-order valence-electron chi connectivity index (χ4n) is 8.13. The van der Waals surface area contributed by atoms with Gasteiger partial charge in [-0.25, -0.2) is 0 Å². The largest absolute Gasteiger partial charge is 0.505 e. The molecule has 258 valence electrons. The predicted molar refractivity (Wildman–Crippen MR) is 224 cm³/mol. The van der Waals surface area contributed by atoms with Crippen LogP contribution in [0.4, 0.5) is 0 Å². The zero-order valence-corrected chi connectivity index (χ0v) is 30.1. The average molecular weight is 717 g/mol. The molecule has 0 amide bonds. The van der Waals surface area contributed by atoms with E-state index in [-0.39, 0.29) is 16.9 Å². The molecular formula is C48H33BO4S. The Morgan fingerprint density at radius 2 is 1.20 bits per heavy atom. The van der Waals surface area contributed by atoms with Crippen LogP contribution in [0.5, 0.6) is 23.0 Å². The molecule has 7 aromatic carbocycles. The molecule has 2 radical (unpaired) electrons. The number of fused-ring (bicyclic) bond motifs is 4. The van der Waals surface area contributed by atoms with Crippen LogP contribution >= 0.6 is 11.8 Å². The van der Waals surface area contributed by atoms with Gasteiger partial charge < -0.3 is 20.4 Å². The van der Waals surface area contributed by atoms with Crippen LogP contribution < -0.4 is 5.46 Å². The van der Waals surface area contributed by atoms with E-state index in [1.165, 1.54) is 26.8 Å². The van der Waals surface area contributed by atoms with Gasteiger partial charge in [-0.3, -0.25) is 0 Å². The first-order valence-electron chi connectivity index (χ1n) is 17.7. The number of phenols is 4. The van der Waals surface area contributed by atoms with Crippen LogP contribution in [0.2, 0.25) is 0 Å². The highest BCUT2D eigenvalue weighted by Gasteiger charge is 2.30. The highest BCUT2D eigenvalue weighted by atomic mass is 32.2. The van der Waals surface area contributed by atoms with Gasteiger partial charge in [0.1, 0.15) is 7.85 Å². The van der Waals surface area contributed by atoms with Gasteiger partial charge in [-0.1, -0.05) is 140 Å². The van der Waals surface area contributed by atoms with Gasteiger partial charge >= 0.3 is 0 Å². The highest BCUT2D eigenvalue weighted by Crippen LogP contribution is 2.50. The summed E-state index contributed by atoms with van der Waals surface area (Å²) in [5.74, 6) is -3.24. The van der Waals surface area contributed by atoms with Gasteiger partial charge in [-0.15, -0.1) is 11.8 Å². The fraction of sp³-hybridized carbons (Fsp3) is 0.0417. The molecule has 0 spiro atoms. The van der Waals surface area contributed by atoms with E-state index < -0.39 is 23.0 Å². The lowest BCUT2D eigenvalue weighted by Gasteiger charge is -2.21. The first-order valence-corrected chi connectivity index (χ1v) is 18.9. The Balaban J connectivity index is 1.29. The Labute approximate surface area is 318 Å². The molecule has 1 atom stereocenters. The standard InChI is InChI=1S/C48H33BO4S/c1-54-40-24-23-27-11-2-4-15-32(27)42(40)35-18-8-6-14-31(35)30-22-21-28-13-10-20-37(38(28)25-30)41-33-16-5-3-12-29(33)26-39(34-17-7-9-19-36(34)41)43-44(49)46(51)48(53)47(52)45(43)50/h2-26,29,50-53H,1H3. The molecule has 0 saturated carbocycles. The van der Waals surface area contributed by atoms with Crippen molar-refractivity contribution in [2.45, 2.75) is 4.90 Å². The molecule has 4 N–H and O–H groups in total. The zero-order chi connectivity index (χ0) is 37.1. The Bertz CT molecular complexity index is 2800. The van der Waals surface area contributed by atoms with Crippen molar-refractivity contribution in [2.75, 3.05) is 6.26 Å². The van der Waals surface area contributed by atoms with E-state index in [0.29, 0.717) is 5.57 Å². The number of rotatable bonds is 5. The van der Waals surface area contributed by atoms with E-state index in [2.05, 4.69) is 122 Å². The molecule has 0 saturated heterocycles. The fourth-order valence-corrected chi connectivity index (χ4v) is 8.76. The third-order valence-electron chi connectivity index (χ3n) is 10.7. The maximum absolute atomic E-state index is 11.2. The third kappa shape index (κ3) is 5.25. The van der Waals surface area contributed by atoms with Gasteiger partial charge in [0.25, 0.3) is 0 Å². The first kappa shape index (κ1) is 33.5. The number of allylic oxidation sites excluding steroid dienone is 6. The van der Waals surface area contributed by atoms with Gasteiger partial charge in [0.15, 0.2) is 11.5 Å². The minimum atomic E-state index is -0.866. The first-order chi connectivity index (χ1) is 26.4. The van der Waals surface area contributed by atoms with Crippen LogP contribution in [0.25, 0.3) is 54.9 Å². The van der Waals surface area contributed by atoms with E-state index >= 15 is 0 Å². The summed E-state index contributed by atoms with van der Waals surface area (Å²) >= 11 is 1.75. The minimum absolute atomic E-state index is 0.0497. The molecular weight excluding hydrogens is 683 g/mol. The second-order valence-corrected chi connectivity index (χ2v) is 14.4. The van der Waals surface area contributed by atoms with E-state index in [9.17, 15) is 20.4 Å². The van der Waals surface area contributed by atoms with Gasteiger partial charge in [0, 0.05) is 21.9 Å². The summed E-state index contributed by atoms with van der Waals surface area (Å²) in [6.45, 7) is 0. The Kier molecular flexibility index (Phi) is 8.21. The summed E-state index contributed by atoms with van der Waals surface area (Å²) in [6.07, 6.45) is 12.3. The maximum atomic E-state index is 11.2. The lowest BCUT2D eigenvalue weighted by atomic mass is 9.80. The second-order valence-electron chi connectivity index (χ2n) is 13.6. The third-order valence-corrected chi connectivity index (χ3v) is 11.4. The highest BCUT2D eigenvalue weighted by molar-refractivity contribution is 7.98. The van der Waals surface area contributed by atoms with E-state index in [1.54, 1.807) is 11.8 Å². The molecule has 4 nitrogen and oxygen atoms in total. The lowest BCUT2D eigenvalue weighted by Crippen LogP contribution is -2.13. The number of thioether (sulfide) groups is 1. The van der Waals surface area contributed by atoms with Crippen molar-refractivity contribution in [1.82, 2.24) is 0 Å². The molecule has 0 heterocycles. The summed E-state index contributed by atoms with van der Waals surface area (Å²) in [4.78, 5) is 1.22. The monoisotopic (exact) mass is 716 g/mol. The SMILES string of the molecule is [B]c1c(O)c(O)c(O)c(O)c1C1=CC2C=CC=CC2=C(c2cccc3ccc(-c4ccccc4-c4c(SC)ccc5ccccc45)cc23)c2ccccc21. The van der Waals surface area contributed by atoms with Gasteiger partial charge in [0.2, 0.25) is 11.5 Å².